The van der Waals surface area contributed by atoms with Gasteiger partial charge in [0.2, 0.25) is 11.8 Å². The highest BCUT2D eigenvalue weighted by molar-refractivity contribution is 6.09. The predicted molar refractivity (Wildman–Crippen MR) is 105 cm³/mol. The number of esters is 1. The minimum absolute atomic E-state index is 0.0813. The second-order valence-corrected chi connectivity index (χ2v) is 8.15. The first kappa shape index (κ1) is 19.4. The molecular weight excluding hydrogens is 372 g/mol. The van der Waals surface area contributed by atoms with Gasteiger partial charge in [-0.15, -0.1) is 0 Å². The summed E-state index contributed by atoms with van der Waals surface area (Å²) in [6.45, 7) is 4.74. The summed E-state index contributed by atoms with van der Waals surface area (Å²) in [6, 6.07) is 4.59. The zero-order valence-corrected chi connectivity index (χ0v) is 16.7. The van der Waals surface area contributed by atoms with Gasteiger partial charge in [-0.2, -0.15) is 0 Å². The van der Waals surface area contributed by atoms with Gasteiger partial charge in [0, 0.05) is 5.69 Å². The number of nitrogens with zero attached hydrogens (tertiary/aromatic N) is 1. The third kappa shape index (κ3) is 3.14. The first-order valence-corrected chi connectivity index (χ1v) is 9.87. The lowest BCUT2D eigenvalue weighted by Gasteiger charge is -2.23. The van der Waals surface area contributed by atoms with Gasteiger partial charge in [-0.25, -0.2) is 4.79 Å². The second-order valence-electron chi connectivity index (χ2n) is 8.15. The first-order chi connectivity index (χ1) is 13.8. The molecule has 4 rings (SSSR count). The van der Waals surface area contributed by atoms with Crippen LogP contribution in [0.1, 0.15) is 24.5 Å². The number of imide groups is 1. The highest BCUT2D eigenvalue weighted by Gasteiger charge is 2.60. The molecule has 3 aliphatic rings. The smallest absolute Gasteiger partial charge is 0.329 e. The van der Waals surface area contributed by atoms with Crippen LogP contribution < -0.4 is 5.32 Å². The van der Waals surface area contributed by atoms with Crippen LogP contribution in [0.5, 0.6) is 0 Å². The fourth-order valence-corrected chi connectivity index (χ4v) is 4.86. The summed E-state index contributed by atoms with van der Waals surface area (Å²) < 4.78 is 5.11. The van der Waals surface area contributed by atoms with Gasteiger partial charge in [-0.1, -0.05) is 30.4 Å². The highest BCUT2D eigenvalue weighted by Crippen LogP contribution is 2.52. The molecule has 1 saturated heterocycles. The van der Waals surface area contributed by atoms with Crippen molar-refractivity contribution in [2.45, 2.75) is 33.2 Å². The van der Waals surface area contributed by atoms with E-state index in [9.17, 15) is 19.2 Å². The molecule has 1 aromatic rings. The maximum absolute atomic E-state index is 12.8. The number of carbonyl (C=O) groups excluding carboxylic acids is 4. The van der Waals surface area contributed by atoms with Gasteiger partial charge >= 0.3 is 5.97 Å². The van der Waals surface area contributed by atoms with E-state index in [-0.39, 0.29) is 35.5 Å². The van der Waals surface area contributed by atoms with Crippen LogP contribution in [0.4, 0.5) is 5.69 Å². The van der Waals surface area contributed by atoms with Crippen molar-refractivity contribution in [3.05, 3.63) is 41.5 Å². The van der Waals surface area contributed by atoms with E-state index in [4.69, 9.17) is 4.74 Å². The zero-order chi connectivity index (χ0) is 20.9. The van der Waals surface area contributed by atoms with Crippen LogP contribution in [0, 0.1) is 37.5 Å². The number of ether oxygens (including phenoxy) is 1. The average Bonchev–Trinajstić information content (AvgIpc) is 3.36. The molecule has 7 nitrogen and oxygen atoms in total. The third-order valence-corrected chi connectivity index (χ3v) is 6.32. The number of hydrogen-bond acceptors (Lipinski definition) is 5. The van der Waals surface area contributed by atoms with Crippen molar-refractivity contribution in [2.24, 2.45) is 23.7 Å². The van der Waals surface area contributed by atoms with E-state index < -0.39 is 24.5 Å². The molecule has 1 aromatic carbocycles. The first-order valence-electron chi connectivity index (χ1n) is 9.87. The van der Waals surface area contributed by atoms with Crippen LogP contribution in [0.2, 0.25) is 0 Å². The van der Waals surface area contributed by atoms with E-state index in [2.05, 4.69) is 5.32 Å². The third-order valence-electron chi connectivity index (χ3n) is 6.32. The molecule has 0 spiro atoms. The Morgan fingerprint density at radius 1 is 1.10 bits per heavy atom. The number of carbonyl (C=O) groups is 4. The molecule has 0 aromatic heterocycles. The monoisotopic (exact) mass is 396 g/mol. The topological polar surface area (TPSA) is 92.8 Å². The zero-order valence-electron chi connectivity index (χ0n) is 16.7. The number of fused-ring (bicyclic) bond motifs is 5. The molecule has 29 heavy (non-hydrogen) atoms. The van der Waals surface area contributed by atoms with Crippen molar-refractivity contribution in [1.82, 2.24) is 4.90 Å². The van der Waals surface area contributed by atoms with E-state index >= 15 is 0 Å². The van der Waals surface area contributed by atoms with Crippen LogP contribution in [0.15, 0.2) is 30.4 Å². The molecule has 1 saturated carbocycles. The van der Waals surface area contributed by atoms with E-state index in [0.717, 1.165) is 22.4 Å². The fourth-order valence-electron chi connectivity index (χ4n) is 4.86. The molecule has 2 bridgehead atoms. The number of nitrogens with one attached hydrogen (secondary N) is 1. The molecule has 0 radical (unpaired) electrons. The Balaban J connectivity index is 1.36. The van der Waals surface area contributed by atoms with Gasteiger partial charge in [0.05, 0.1) is 11.8 Å². The van der Waals surface area contributed by atoms with Gasteiger partial charge in [0.15, 0.2) is 6.61 Å². The summed E-state index contributed by atoms with van der Waals surface area (Å²) >= 11 is 0. The van der Waals surface area contributed by atoms with Crippen LogP contribution in [-0.2, 0) is 23.9 Å². The Morgan fingerprint density at radius 2 is 1.66 bits per heavy atom. The lowest BCUT2D eigenvalue weighted by atomic mass is 9.85. The molecule has 152 valence electrons. The standard InChI is InChI=1S/C22H24N2O5/c1-11-5-4-6-12(2)19(11)23-16(25)10-29-22(28)13(3)24-20(26)17-14-7-8-15(9-14)18(17)21(24)27/h4-8,13-15,17-18H,9-10H2,1-3H3,(H,23,25)/t13-,14+,15+,17-,18+/m1/s1. The molecule has 1 aliphatic heterocycles. The van der Waals surface area contributed by atoms with Crippen molar-refractivity contribution >= 4 is 29.4 Å². The number of rotatable bonds is 5. The Kier molecular flexibility index (Phi) is 4.76. The maximum atomic E-state index is 12.8. The average molecular weight is 396 g/mol. The SMILES string of the molecule is Cc1cccc(C)c1NC(=O)COC(=O)[C@@H](C)N1C(=O)[C@@H]2[C@H](C1=O)[C@H]1C=C[C@H]2C1. The van der Waals surface area contributed by atoms with Crippen LogP contribution in [0.25, 0.3) is 0 Å². The fraction of sp³-hybridized carbons (Fsp3) is 0.455. The molecule has 2 fully saturated rings. The Bertz CT molecular complexity index is 887. The number of benzene rings is 1. The molecule has 1 N–H and O–H groups in total. The minimum atomic E-state index is -1.05. The number of hydrogen-bond donors (Lipinski definition) is 1. The van der Waals surface area contributed by atoms with Crippen molar-refractivity contribution < 1.29 is 23.9 Å². The van der Waals surface area contributed by atoms with Crippen LogP contribution >= 0.6 is 0 Å². The van der Waals surface area contributed by atoms with Crippen molar-refractivity contribution in [1.29, 1.82) is 0 Å². The van der Waals surface area contributed by atoms with E-state index in [1.54, 1.807) is 0 Å². The van der Waals surface area contributed by atoms with Gasteiger partial charge in [-0.3, -0.25) is 19.3 Å². The summed E-state index contributed by atoms with van der Waals surface area (Å²) in [7, 11) is 0. The second kappa shape index (κ2) is 7.13. The van der Waals surface area contributed by atoms with E-state index in [0.29, 0.717) is 5.69 Å². The minimum Gasteiger partial charge on any atom is -0.454 e. The number of amides is 3. The van der Waals surface area contributed by atoms with Crippen LogP contribution in [-0.4, -0.2) is 41.2 Å². The van der Waals surface area contributed by atoms with E-state index in [1.807, 2.05) is 44.2 Å². The Labute approximate surface area is 169 Å². The molecule has 0 unspecified atom stereocenters. The summed E-state index contributed by atoms with van der Waals surface area (Å²) in [5.41, 5.74) is 2.49. The highest BCUT2D eigenvalue weighted by atomic mass is 16.5. The summed E-state index contributed by atoms with van der Waals surface area (Å²) in [6.07, 6.45) is 4.83. The quantitative estimate of drug-likeness (QED) is 0.467. The number of anilines is 1. The van der Waals surface area contributed by atoms with Gasteiger partial charge in [0.1, 0.15) is 6.04 Å². The number of likely N-dealkylation sites (tertiary alicyclic amines) is 1. The molecule has 7 heteroatoms. The molecule has 3 amide bonds. The Hall–Kier alpha value is -2.96. The summed E-state index contributed by atoms with van der Waals surface area (Å²) in [4.78, 5) is 51.2. The van der Waals surface area contributed by atoms with Gasteiger partial charge in [-0.05, 0) is 50.2 Å². The van der Waals surface area contributed by atoms with Crippen molar-refractivity contribution in [3.8, 4) is 0 Å². The van der Waals surface area contributed by atoms with Crippen molar-refractivity contribution in [3.63, 3.8) is 0 Å². The molecular formula is C22H24N2O5. The lowest BCUT2D eigenvalue weighted by Crippen LogP contribution is -2.45. The summed E-state index contributed by atoms with van der Waals surface area (Å²) in [5, 5.41) is 2.74. The number of aryl methyl sites for hydroxylation is 2. The Morgan fingerprint density at radius 3 is 2.21 bits per heavy atom. The predicted octanol–water partition coefficient (Wildman–Crippen LogP) is 1.98. The van der Waals surface area contributed by atoms with Gasteiger partial charge < -0.3 is 10.1 Å². The number of para-hydroxylation sites is 1. The van der Waals surface area contributed by atoms with Gasteiger partial charge in [0.25, 0.3) is 5.91 Å². The lowest BCUT2D eigenvalue weighted by molar-refractivity contribution is -0.159. The van der Waals surface area contributed by atoms with Crippen molar-refractivity contribution in [2.75, 3.05) is 11.9 Å². The van der Waals surface area contributed by atoms with Crippen LogP contribution in [0.3, 0.4) is 0 Å². The molecule has 2 aliphatic carbocycles. The summed E-state index contributed by atoms with van der Waals surface area (Å²) in [5.74, 6) is -2.40. The molecule has 5 atom stereocenters. The normalized spacial score (nSPS) is 27.9. The number of allylic oxidation sites excluding steroid dienone is 2. The van der Waals surface area contributed by atoms with E-state index in [1.165, 1.54) is 6.92 Å². The largest absolute Gasteiger partial charge is 0.454 e. The molecule has 1 heterocycles. The maximum Gasteiger partial charge on any atom is 0.329 e.